The summed E-state index contributed by atoms with van der Waals surface area (Å²) in [4.78, 5) is 29.8. The van der Waals surface area contributed by atoms with Crippen LogP contribution in [0, 0.1) is 5.92 Å². The summed E-state index contributed by atoms with van der Waals surface area (Å²) in [7, 11) is 0. The number of rotatable bonds is 4. The van der Waals surface area contributed by atoms with E-state index in [9.17, 15) is 9.59 Å². The minimum Gasteiger partial charge on any atom is -0.391 e. The van der Waals surface area contributed by atoms with E-state index in [1.165, 1.54) is 6.92 Å². The highest BCUT2D eigenvalue weighted by Gasteiger charge is 2.38. The number of carbonyl (C=O) groups is 2. The Morgan fingerprint density at radius 2 is 1.71 bits per heavy atom. The summed E-state index contributed by atoms with van der Waals surface area (Å²) in [5, 5.41) is 6.92. The number of amides is 1. The molecular weight excluding hydrogens is 304 g/mol. The van der Waals surface area contributed by atoms with Gasteiger partial charge in [0.1, 0.15) is 17.7 Å². The number of nitrogens with one attached hydrogen (secondary N) is 1. The van der Waals surface area contributed by atoms with Gasteiger partial charge in [0.2, 0.25) is 5.91 Å². The van der Waals surface area contributed by atoms with Gasteiger partial charge in [0.15, 0.2) is 5.78 Å². The minimum atomic E-state index is -0.535. The van der Waals surface area contributed by atoms with Crippen LogP contribution in [0.2, 0.25) is 0 Å². The first-order valence-electron chi connectivity index (χ1n) is 7.78. The topological polar surface area (TPSA) is 67.8 Å². The molecule has 0 radical (unpaired) electrons. The number of hydrogen-bond acceptors (Lipinski definition) is 4. The van der Waals surface area contributed by atoms with Crippen molar-refractivity contribution in [2.45, 2.75) is 20.0 Å². The van der Waals surface area contributed by atoms with Crippen molar-refractivity contribution in [3.05, 3.63) is 65.7 Å². The molecule has 3 rings (SSSR count). The lowest BCUT2D eigenvalue weighted by Crippen LogP contribution is -2.34. The third kappa shape index (κ3) is 3.06. The summed E-state index contributed by atoms with van der Waals surface area (Å²) in [6.07, 6.45) is -0.371. The lowest BCUT2D eigenvalue weighted by Gasteiger charge is -2.16. The van der Waals surface area contributed by atoms with E-state index in [1.54, 1.807) is 31.2 Å². The molecule has 1 aliphatic rings. The molecule has 1 amide bonds. The number of para-hydroxylation sites is 1. The van der Waals surface area contributed by atoms with Crippen molar-refractivity contribution >= 4 is 23.1 Å². The molecular formula is C19H18N2O3. The maximum atomic E-state index is 12.8. The van der Waals surface area contributed by atoms with Gasteiger partial charge < -0.3 is 10.2 Å². The molecule has 0 fully saturated rings. The van der Waals surface area contributed by atoms with Crippen molar-refractivity contribution < 1.29 is 14.4 Å². The van der Waals surface area contributed by atoms with Crippen molar-refractivity contribution in [2.24, 2.45) is 11.1 Å². The van der Waals surface area contributed by atoms with Crippen LogP contribution in [-0.2, 0) is 9.63 Å². The quantitative estimate of drug-likeness (QED) is 0.879. The van der Waals surface area contributed by atoms with Crippen LogP contribution >= 0.6 is 0 Å². The summed E-state index contributed by atoms with van der Waals surface area (Å²) in [6.45, 7) is 3.28. The van der Waals surface area contributed by atoms with Gasteiger partial charge in [-0.2, -0.15) is 0 Å². The molecule has 122 valence electrons. The second kappa shape index (κ2) is 6.66. The average Bonchev–Trinajstić information content (AvgIpc) is 2.97. The Morgan fingerprint density at radius 3 is 2.42 bits per heavy atom. The van der Waals surface area contributed by atoms with Gasteiger partial charge in [-0.25, -0.2) is 0 Å². The Labute approximate surface area is 140 Å². The maximum absolute atomic E-state index is 12.8. The highest BCUT2D eigenvalue weighted by molar-refractivity contribution is 6.17. The molecule has 0 bridgehead atoms. The fourth-order valence-electron chi connectivity index (χ4n) is 2.77. The Balaban J connectivity index is 1.87. The van der Waals surface area contributed by atoms with Crippen molar-refractivity contribution in [3.8, 4) is 0 Å². The molecule has 2 atom stereocenters. The first-order valence-corrected chi connectivity index (χ1v) is 7.78. The smallest absolute Gasteiger partial charge is 0.237 e. The average molecular weight is 322 g/mol. The Morgan fingerprint density at radius 1 is 1.04 bits per heavy atom. The van der Waals surface area contributed by atoms with Crippen LogP contribution in [-0.4, -0.2) is 23.5 Å². The second-order valence-corrected chi connectivity index (χ2v) is 5.72. The van der Waals surface area contributed by atoms with Crippen molar-refractivity contribution in [1.29, 1.82) is 0 Å². The number of Topliss-reactive ketones (excluding diaryl/α,β-unsaturated/α-hetero) is 1. The molecule has 2 aromatic rings. The van der Waals surface area contributed by atoms with Crippen molar-refractivity contribution in [2.75, 3.05) is 5.32 Å². The van der Waals surface area contributed by atoms with Crippen molar-refractivity contribution in [3.63, 3.8) is 0 Å². The minimum absolute atomic E-state index is 0.0985. The van der Waals surface area contributed by atoms with E-state index in [1.807, 2.05) is 30.3 Å². The molecule has 5 heteroatoms. The van der Waals surface area contributed by atoms with Crippen LogP contribution in [0.3, 0.4) is 0 Å². The lowest BCUT2D eigenvalue weighted by molar-refractivity contribution is -0.120. The molecule has 1 aliphatic heterocycles. The third-order valence-corrected chi connectivity index (χ3v) is 4.00. The Hall–Kier alpha value is -2.95. The first-order chi connectivity index (χ1) is 11.6. The molecule has 1 heterocycles. The third-order valence-electron chi connectivity index (χ3n) is 4.00. The molecule has 1 N–H and O–H groups in total. The van der Waals surface area contributed by atoms with E-state index in [0.29, 0.717) is 17.0 Å². The summed E-state index contributed by atoms with van der Waals surface area (Å²) >= 11 is 0. The highest BCUT2D eigenvalue weighted by Crippen LogP contribution is 2.25. The summed E-state index contributed by atoms with van der Waals surface area (Å²) < 4.78 is 0. The zero-order valence-corrected chi connectivity index (χ0v) is 13.5. The number of oxime groups is 1. The van der Waals surface area contributed by atoms with E-state index < -0.39 is 5.92 Å². The van der Waals surface area contributed by atoms with Gasteiger partial charge in [0.05, 0.1) is 5.69 Å². The second-order valence-electron chi connectivity index (χ2n) is 5.72. The monoisotopic (exact) mass is 322 g/mol. The fourth-order valence-corrected chi connectivity index (χ4v) is 2.77. The van der Waals surface area contributed by atoms with E-state index in [2.05, 4.69) is 10.5 Å². The highest BCUT2D eigenvalue weighted by atomic mass is 16.6. The Bertz CT molecular complexity index is 799. The summed E-state index contributed by atoms with van der Waals surface area (Å²) in [5.74, 6) is -0.873. The molecule has 2 aromatic carbocycles. The maximum Gasteiger partial charge on any atom is 0.237 e. The molecule has 0 spiro atoms. The molecule has 0 unspecified atom stereocenters. The lowest BCUT2D eigenvalue weighted by atomic mass is 9.92. The van der Waals surface area contributed by atoms with E-state index in [0.717, 1.165) is 5.56 Å². The SMILES string of the molecule is CC(=O)c1ccccc1NC(=O)[C@H]1C(c2ccccc2)=NO[C@@H]1C. The van der Waals surface area contributed by atoms with E-state index >= 15 is 0 Å². The Kier molecular flexibility index (Phi) is 4.42. The number of hydrogen-bond donors (Lipinski definition) is 1. The number of carbonyl (C=O) groups excluding carboxylic acids is 2. The van der Waals surface area contributed by atoms with E-state index in [4.69, 9.17) is 4.84 Å². The van der Waals surface area contributed by atoms with Gasteiger partial charge in [-0.15, -0.1) is 0 Å². The zero-order chi connectivity index (χ0) is 17.1. The number of anilines is 1. The predicted octanol–water partition coefficient (Wildman–Crippen LogP) is 3.27. The molecule has 0 saturated carbocycles. The zero-order valence-electron chi connectivity index (χ0n) is 13.5. The molecule has 0 aliphatic carbocycles. The van der Waals surface area contributed by atoms with Gasteiger partial charge in [0, 0.05) is 11.1 Å². The van der Waals surface area contributed by atoms with Crippen LogP contribution in [0.4, 0.5) is 5.69 Å². The molecule has 0 aromatic heterocycles. The largest absolute Gasteiger partial charge is 0.391 e. The van der Waals surface area contributed by atoms with Crippen molar-refractivity contribution in [1.82, 2.24) is 0 Å². The van der Waals surface area contributed by atoms with Crippen LogP contribution in [0.25, 0.3) is 0 Å². The normalized spacial score (nSPS) is 19.3. The first kappa shape index (κ1) is 15.9. The molecule has 5 nitrogen and oxygen atoms in total. The summed E-state index contributed by atoms with van der Waals surface area (Å²) in [5.41, 5.74) is 2.43. The fraction of sp³-hybridized carbons (Fsp3) is 0.211. The van der Waals surface area contributed by atoms with Crippen LogP contribution in [0.15, 0.2) is 59.8 Å². The number of ketones is 1. The number of nitrogens with zero attached hydrogens (tertiary/aromatic N) is 1. The van der Waals surface area contributed by atoms with Gasteiger partial charge in [-0.05, 0) is 26.0 Å². The number of benzene rings is 2. The predicted molar refractivity (Wildman–Crippen MR) is 92.1 cm³/mol. The van der Waals surface area contributed by atoms with Gasteiger partial charge >= 0.3 is 0 Å². The van der Waals surface area contributed by atoms with Gasteiger partial charge in [0.25, 0.3) is 0 Å². The van der Waals surface area contributed by atoms with E-state index in [-0.39, 0.29) is 17.8 Å². The van der Waals surface area contributed by atoms with Crippen LogP contribution in [0.5, 0.6) is 0 Å². The van der Waals surface area contributed by atoms with Gasteiger partial charge in [-0.3, -0.25) is 9.59 Å². The van der Waals surface area contributed by atoms with Crippen LogP contribution < -0.4 is 5.32 Å². The van der Waals surface area contributed by atoms with Gasteiger partial charge in [-0.1, -0.05) is 47.6 Å². The molecule has 24 heavy (non-hydrogen) atoms. The molecule has 0 saturated heterocycles. The van der Waals surface area contributed by atoms with Crippen LogP contribution in [0.1, 0.15) is 29.8 Å². The summed E-state index contributed by atoms with van der Waals surface area (Å²) in [6, 6.07) is 16.4. The standard InChI is InChI=1S/C19H18N2O3/c1-12(22)15-10-6-7-11-16(15)20-19(23)17-13(2)24-21-18(17)14-8-4-3-5-9-14/h3-11,13,17H,1-2H3,(H,20,23)/t13-,17-/m1/s1.